The van der Waals surface area contributed by atoms with Crippen LogP contribution in [0.25, 0.3) is 0 Å². The number of hydrogen-bond acceptors (Lipinski definition) is 4. The molecule has 0 aliphatic carbocycles. The number of aliphatic carboxylic acids is 1. The number of nitrogens with one attached hydrogen (secondary N) is 2. The fourth-order valence-electron chi connectivity index (χ4n) is 2.82. The van der Waals surface area contributed by atoms with Gasteiger partial charge in [0.25, 0.3) is 5.91 Å². The summed E-state index contributed by atoms with van der Waals surface area (Å²) in [5.74, 6) is -1.50. The number of amides is 2. The summed E-state index contributed by atoms with van der Waals surface area (Å²) < 4.78 is 5.08. The fourth-order valence-corrected chi connectivity index (χ4v) is 2.82. The highest BCUT2D eigenvalue weighted by Gasteiger charge is 2.27. The lowest BCUT2D eigenvalue weighted by atomic mass is 10.0. The molecule has 0 fully saturated rings. The lowest BCUT2D eigenvalue weighted by Gasteiger charge is -2.22. The second-order valence-corrected chi connectivity index (χ2v) is 6.59. The number of carboxylic acids is 1. The van der Waals surface area contributed by atoms with Gasteiger partial charge in [-0.25, -0.2) is 4.79 Å². The molecule has 0 aliphatic rings. The third-order valence-corrected chi connectivity index (χ3v) is 4.48. The van der Waals surface area contributed by atoms with E-state index in [-0.39, 0.29) is 0 Å². The lowest BCUT2D eigenvalue weighted by Crippen LogP contribution is -2.47. The van der Waals surface area contributed by atoms with Crippen molar-refractivity contribution in [3.8, 4) is 5.75 Å². The minimum absolute atomic E-state index is 0.325. The van der Waals surface area contributed by atoms with Gasteiger partial charge in [-0.15, -0.1) is 0 Å². The highest BCUT2D eigenvalue weighted by molar-refractivity contribution is 5.98. The molecule has 3 N–H and O–H groups in total. The predicted octanol–water partition coefficient (Wildman–Crippen LogP) is 2.93. The number of methoxy groups -OCH3 is 1. The Balaban J connectivity index is 2.21. The molecular weight excluding hydrogens is 372 g/mol. The number of ether oxygens (including phenoxy) is 1. The molecule has 0 saturated carbocycles. The van der Waals surface area contributed by atoms with Crippen LogP contribution in [-0.4, -0.2) is 36.0 Å². The number of hydrogen-bond donors (Lipinski definition) is 3. The van der Waals surface area contributed by atoms with Crippen LogP contribution in [0.3, 0.4) is 0 Å². The first kappa shape index (κ1) is 21.9. The molecule has 2 aromatic carbocycles. The summed E-state index contributed by atoms with van der Waals surface area (Å²) in [5.41, 5.74) is 0.923. The van der Waals surface area contributed by atoms with Crippen molar-refractivity contribution in [3.05, 3.63) is 65.7 Å². The third-order valence-electron chi connectivity index (χ3n) is 4.48. The summed E-state index contributed by atoms with van der Waals surface area (Å²) in [6.45, 7) is 1.95. The molecule has 0 aromatic heterocycles. The Labute approximate surface area is 170 Å². The Morgan fingerprint density at radius 2 is 1.66 bits per heavy atom. The van der Waals surface area contributed by atoms with Crippen molar-refractivity contribution in [1.82, 2.24) is 10.6 Å². The van der Waals surface area contributed by atoms with Crippen molar-refractivity contribution >= 4 is 17.8 Å². The van der Waals surface area contributed by atoms with Crippen molar-refractivity contribution in [1.29, 1.82) is 0 Å². The van der Waals surface area contributed by atoms with E-state index >= 15 is 0 Å². The summed E-state index contributed by atoms with van der Waals surface area (Å²) in [6.07, 6.45) is 1.81. The van der Waals surface area contributed by atoms with Crippen molar-refractivity contribution in [2.24, 2.45) is 0 Å². The Morgan fingerprint density at radius 3 is 2.21 bits per heavy atom. The zero-order valence-electron chi connectivity index (χ0n) is 16.6. The monoisotopic (exact) mass is 398 g/mol. The number of carboxylic acid groups (broad SMARTS) is 1. The van der Waals surface area contributed by atoms with Gasteiger partial charge in [0.15, 0.2) is 0 Å². The van der Waals surface area contributed by atoms with Gasteiger partial charge in [-0.05, 0) is 36.2 Å². The molecule has 0 spiro atoms. The number of carbonyl (C=O) groups is 3. The van der Waals surface area contributed by atoms with Crippen molar-refractivity contribution in [2.75, 3.05) is 7.11 Å². The van der Waals surface area contributed by atoms with E-state index in [4.69, 9.17) is 4.74 Å². The highest BCUT2D eigenvalue weighted by Crippen LogP contribution is 2.16. The van der Waals surface area contributed by atoms with Gasteiger partial charge in [-0.3, -0.25) is 9.59 Å². The normalized spacial score (nSPS) is 12.5. The van der Waals surface area contributed by atoms with E-state index in [0.29, 0.717) is 29.7 Å². The van der Waals surface area contributed by atoms with Gasteiger partial charge in [0.2, 0.25) is 5.91 Å². The van der Waals surface area contributed by atoms with Crippen LogP contribution in [0.2, 0.25) is 0 Å². The lowest BCUT2D eigenvalue weighted by molar-refractivity contribution is -0.142. The Morgan fingerprint density at radius 1 is 1.00 bits per heavy atom. The molecule has 0 bridgehead atoms. The molecule has 2 atom stereocenters. The van der Waals surface area contributed by atoms with E-state index in [1.807, 2.05) is 6.92 Å². The van der Waals surface area contributed by atoms with E-state index in [9.17, 15) is 19.5 Å². The molecule has 29 heavy (non-hydrogen) atoms. The average molecular weight is 398 g/mol. The molecule has 0 saturated heterocycles. The van der Waals surface area contributed by atoms with Crippen LogP contribution in [0.15, 0.2) is 54.6 Å². The van der Waals surface area contributed by atoms with Gasteiger partial charge in [0, 0.05) is 5.56 Å². The van der Waals surface area contributed by atoms with E-state index in [1.165, 1.54) is 7.11 Å². The average Bonchev–Trinajstić information content (AvgIpc) is 2.75. The van der Waals surface area contributed by atoms with Gasteiger partial charge < -0.3 is 20.5 Å². The molecule has 2 amide bonds. The molecule has 7 nitrogen and oxygen atoms in total. The quantitative estimate of drug-likeness (QED) is 0.571. The van der Waals surface area contributed by atoms with E-state index in [0.717, 1.165) is 6.42 Å². The molecule has 0 radical (unpaired) electrons. The minimum Gasteiger partial charge on any atom is -0.497 e. The number of benzene rings is 2. The first-order chi connectivity index (χ1) is 14.0. The Hall–Kier alpha value is -3.35. The maximum atomic E-state index is 12.9. The summed E-state index contributed by atoms with van der Waals surface area (Å²) >= 11 is 0. The van der Waals surface area contributed by atoms with Crippen LogP contribution in [0, 0.1) is 0 Å². The van der Waals surface area contributed by atoms with Crippen LogP contribution in [0.4, 0.5) is 0 Å². The molecule has 0 aliphatic heterocycles. The molecule has 7 heteroatoms. The molecule has 154 valence electrons. The maximum absolute atomic E-state index is 12.9. The fraction of sp³-hybridized carbons (Fsp3) is 0.318. The van der Waals surface area contributed by atoms with E-state index < -0.39 is 29.9 Å². The second-order valence-electron chi connectivity index (χ2n) is 6.59. The van der Waals surface area contributed by atoms with Gasteiger partial charge in [-0.1, -0.05) is 50.1 Å². The molecule has 2 rings (SSSR count). The zero-order valence-corrected chi connectivity index (χ0v) is 16.6. The van der Waals surface area contributed by atoms with E-state index in [2.05, 4.69) is 10.6 Å². The predicted molar refractivity (Wildman–Crippen MR) is 109 cm³/mol. The van der Waals surface area contributed by atoms with E-state index in [1.54, 1.807) is 54.6 Å². The van der Waals surface area contributed by atoms with Crippen molar-refractivity contribution in [2.45, 2.75) is 38.3 Å². The molecular formula is C22H26N2O5. The summed E-state index contributed by atoms with van der Waals surface area (Å²) in [7, 11) is 1.53. The van der Waals surface area contributed by atoms with Gasteiger partial charge in [0.05, 0.1) is 7.11 Å². The molecule has 1 unspecified atom stereocenters. The van der Waals surface area contributed by atoms with Crippen LogP contribution in [-0.2, 0) is 9.59 Å². The number of carbonyl (C=O) groups excluding carboxylic acids is 2. The summed E-state index contributed by atoms with van der Waals surface area (Å²) in [4.78, 5) is 37.0. The summed E-state index contributed by atoms with van der Waals surface area (Å²) in [5, 5.41) is 14.7. The first-order valence-electron chi connectivity index (χ1n) is 9.49. The summed E-state index contributed by atoms with van der Waals surface area (Å²) in [6, 6.07) is 13.2. The topological polar surface area (TPSA) is 105 Å². The minimum atomic E-state index is -1.10. The van der Waals surface area contributed by atoms with Crippen LogP contribution < -0.4 is 15.4 Å². The van der Waals surface area contributed by atoms with Crippen LogP contribution >= 0.6 is 0 Å². The second kappa shape index (κ2) is 10.8. The first-order valence-corrected chi connectivity index (χ1v) is 9.49. The van der Waals surface area contributed by atoms with Crippen molar-refractivity contribution in [3.63, 3.8) is 0 Å². The number of rotatable bonds is 10. The smallest absolute Gasteiger partial charge is 0.326 e. The highest BCUT2D eigenvalue weighted by atomic mass is 16.5. The number of unbranched alkanes of at least 4 members (excludes halogenated alkanes) is 1. The molecule has 2 aromatic rings. The Kier molecular flexibility index (Phi) is 8.21. The van der Waals surface area contributed by atoms with Gasteiger partial charge in [0.1, 0.15) is 17.8 Å². The van der Waals surface area contributed by atoms with Gasteiger partial charge in [-0.2, -0.15) is 0 Å². The van der Waals surface area contributed by atoms with Crippen LogP contribution in [0.1, 0.15) is 48.1 Å². The standard InChI is InChI=1S/C22H26N2O5/c1-3-4-10-18(22(27)28)23-21(26)19(15-8-6-5-7-9-15)24-20(25)16-11-13-17(29-2)14-12-16/h5-9,11-14,18-19H,3-4,10H2,1-2H3,(H,23,26)(H,24,25)(H,27,28)/t18-,19?/m0/s1. The Bertz CT molecular complexity index is 821. The van der Waals surface area contributed by atoms with Crippen molar-refractivity contribution < 1.29 is 24.2 Å². The zero-order chi connectivity index (χ0) is 21.2. The van der Waals surface area contributed by atoms with Gasteiger partial charge >= 0.3 is 5.97 Å². The molecule has 0 heterocycles. The van der Waals surface area contributed by atoms with Crippen LogP contribution in [0.5, 0.6) is 5.75 Å². The largest absolute Gasteiger partial charge is 0.497 e. The SMILES string of the molecule is CCCC[C@H](NC(=O)C(NC(=O)c1ccc(OC)cc1)c1ccccc1)C(=O)O. The third kappa shape index (κ3) is 6.34. The maximum Gasteiger partial charge on any atom is 0.326 e.